The highest BCUT2D eigenvalue weighted by Crippen LogP contribution is 2.23. The monoisotopic (exact) mass is 361 g/mol. The number of halogens is 1. The zero-order chi connectivity index (χ0) is 14.8. The summed E-state index contributed by atoms with van der Waals surface area (Å²) in [7, 11) is -3.48. The van der Waals surface area contributed by atoms with Gasteiger partial charge in [-0.25, -0.2) is 13.1 Å². The molecule has 112 valence electrons. The Balaban J connectivity index is 2.05. The van der Waals surface area contributed by atoms with Crippen molar-refractivity contribution in [2.24, 2.45) is 0 Å². The molecule has 1 fully saturated rings. The highest BCUT2D eigenvalue weighted by Gasteiger charge is 2.25. The average molecular weight is 362 g/mol. The van der Waals surface area contributed by atoms with Crippen LogP contribution in [0, 0.1) is 0 Å². The SMILES string of the molecule is CCN1CCCC1CNS(=O)(=O)c1ccc(N)c(Br)c1. The molecule has 0 aliphatic carbocycles. The number of nitrogens with two attached hydrogens (primary N) is 1. The first-order valence-corrected chi connectivity index (χ1v) is 9.00. The van der Waals surface area contributed by atoms with Gasteiger partial charge in [0.2, 0.25) is 10.0 Å². The van der Waals surface area contributed by atoms with Crippen LogP contribution < -0.4 is 10.5 Å². The minimum Gasteiger partial charge on any atom is -0.398 e. The Morgan fingerprint density at radius 2 is 2.25 bits per heavy atom. The van der Waals surface area contributed by atoms with Crippen LogP contribution in [0.5, 0.6) is 0 Å². The second-order valence-corrected chi connectivity index (χ2v) is 7.58. The highest BCUT2D eigenvalue weighted by atomic mass is 79.9. The number of benzene rings is 1. The van der Waals surface area contributed by atoms with Gasteiger partial charge in [0.25, 0.3) is 0 Å². The van der Waals surface area contributed by atoms with E-state index in [9.17, 15) is 8.42 Å². The fourth-order valence-electron chi connectivity index (χ4n) is 2.51. The summed E-state index contributed by atoms with van der Waals surface area (Å²) in [6.07, 6.45) is 2.18. The van der Waals surface area contributed by atoms with E-state index in [2.05, 4.69) is 32.5 Å². The summed E-state index contributed by atoms with van der Waals surface area (Å²) in [6.45, 7) is 4.57. The number of hydrogen-bond acceptors (Lipinski definition) is 4. The lowest BCUT2D eigenvalue weighted by molar-refractivity contribution is 0.268. The normalized spacial score (nSPS) is 20.4. The lowest BCUT2D eigenvalue weighted by Gasteiger charge is -2.22. The molecule has 1 aromatic rings. The summed E-state index contributed by atoms with van der Waals surface area (Å²) >= 11 is 3.25. The molecule has 1 aliphatic rings. The molecule has 2 rings (SSSR count). The molecule has 1 atom stereocenters. The molecule has 20 heavy (non-hydrogen) atoms. The summed E-state index contributed by atoms with van der Waals surface area (Å²) in [5.74, 6) is 0. The third-order valence-electron chi connectivity index (χ3n) is 3.70. The number of nitrogens with one attached hydrogen (secondary N) is 1. The van der Waals surface area contributed by atoms with E-state index in [1.54, 1.807) is 6.07 Å². The van der Waals surface area contributed by atoms with Crippen LogP contribution in [0.25, 0.3) is 0 Å². The fourth-order valence-corrected chi connectivity index (χ4v) is 4.14. The smallest absolute Gasteiger partial charge is 0.240 e. The van der Waals surface area contributed by atoms with Gasteiger partial charge in [-0.1, -0.05) is 6.92 Å². The number of likely N-dealkylation sites (N-methyl/N-ethyl adjacent to an activating group) is 1. The number of hydrogen-bond donors (Lipinski definition) is 2. The van der Waals surface area contributed by atoms with Gasteiger partial charge in [-0.3, -0.25) is 4.90 Å². The van der Waals surface area contributed by atoms with Crippen molar-refractivity contribution in [3.05, 3.63) is 22.7 Å². The van der Waals surface area contributed by atoms with Crippen LogP contribution in [-0.4, -0.2) is 39.0 Å². The average Bonchev–Trinajstić information content (AvgIpc) is 2.87. The lowest BCUT2D eigenvalue weighted by Crippen LogP contribution is -2.39. The van der Waals surface area contributed by atoms with Crippen molar-refractivity contribution < 1.29 is 8.42 Å². The number of sulfonamides is 1. The molecule has 5 nitrogen and oxygen atoms in total. The number of rotatable bonds is 5. The highest BCUT2D eigenvalue weighted by molar-refractivity contribution is 9.10. The molecule has 0 aromatic heterocycles. The summed E-state index contributed by atoms with van der Waals surface area (Å²) in [5.41, 5.74) is 6.20. The third kappa shape index (κ3) is 3.52. The van der Waals surface area contributed by atoms with Gasteiger partial charge in [0.1, 0.15) is 0 Å². The van der Waals surface area contributed by atoms with Crippen molar-refractivity contribution in [3.8, 4) is 0 Å². The summed E-state index contributed by atoms with van der Waals surface area (Å²) < 4.78 is 27.8. The van der Waals surface area contributed by atoms with E-state index >= 15 is 0 Å². The van der Waals surface area contributed by atoms with Crippen molar-refractivity contribution in [2.45, 2.75) is 30.7 Å². The third-order valence-corrected chi connectivity index (χ3v) is 5.80. The maximum absolute atomic E-state index is 12.3. The topological polar surface area (TPSA) is 75.4 Å². The molecule has 1 aromatic carbocycles. The number of anilines is 1. The minimum atomic E-state index is -3.48. The van der Waals surface area contributed by atoms with Crippen molar-refractivity contribution in [1.82, 2.24) is 9.62 Å². The van der Waals surface area contributed by atoms with Crippen LogP contribution in [0.15, 0.2) is 27.6 Å². The molecule has 0 radical (unpaired) electrons. The zero-order valence-corrected chi connectivity index (χ0v) is 13.9. The van der Waals surface area contributed by atoms with Gasteiger partial charge in [-0.05, 0) is 60.1 Å². The Hall–Kier alpha value is -0.630. The molecule has 1 aliphatic heterocycles. The number of likely N-dealkylation sites (tertiary alicyclic amines) is 1. The number of nitrogens with zero attached hydrogens (tertiary/aromatic N) is 1. The van der Waals surface area contributed by atoms with Crippen molar-refractivity contribution in [1.29, 1.82) is 0 Å². The van der Waals surface area contributed by atoms with Crippen LogP contribution in [0.3, 0.4) is 0 Å². The molecular formula is C13H20BrN3O2S. The molecule has 7 heteroatoms. The summed E-state index contributed by atoms with van der Waals surface area (Å²) in [4.78, 5) is 2.54. The maximum Gasteiger partial charge on any atom is 0.240 e. The van der Waals surface area contributed by atoms with Gasteiger partial charge < -0.3 is 5.73 Å². The molecule has 0 bridgehead atoms. The summed E-state index contributed by atoms with van der Waals surface area (Å²) in [5, 5.41) is 0. The van der Waals surface area contributed by atoms with E-state index in [0.29, 0.717) is 22.7 Å². The van der Waals surface area contributed by atoms with Gasteiger partial charge in [0.15, 0.2) is 0 Å². The van der Waals surface area contributed by atoms with Crippen LogP contribution in [0.1, 0.15) is 19.8 Å². The molecule has 1 saturated heterocycles. The van der Waals surface area contributed by atoms with Gasteiger partial charge >= 0.3 is 0 Å². The predicted molar refractivity (Wildman–Crippen MR) is 84.0 cm³/mol. The molecular weight excluding hydrogens is 342 g/mol. The molecule has 0 saturated carbocycles. The second kappa shape index (κ2) is 6.43. The molecule has 0 amide bonds. The van der Waals surface area contributed by atoms with Crippen molar-refractivity contribution in [3.63, 3.8) is 0 Å². The Morgan fingerprint density at radius 3 is 2.90 bits per heavy atom. The number of nitrogen functional groups attached to an aromatic ring is 1. The zero-order valence-electron chi connectivity index (χ0n) is 11.5. The Labute approximate surface area is 128 Å². The van der Waals surface area contributed by atoms with Gasteiger partial charge in [0, 0.05) is 22.7 Å². The fraction of sp³-hybridized carbons (Fsp3) is 0.538. The molecule has 0 spiro atoms. The van der Waals surface area contributed by atoms with Gasteiger partial charge in [-0.2, -0.15) is 0 Å². The molecule has 3 N–H and O–H groups in total. The van der Waals surface area contributed by atoms with E-state index in [0.717, 1.165) is 25.9 Å². The van der Waals surface area contributed by atoms with E-state index in [-0.39, 0.29) is 4.90 Å². The van der Waals surface area contributed by atoms with Gasteiger partial charge in [-0.15, -0.1) is 0 Å². The van der Waals surface area contributed by atoms with Crippen LogP contribution in [0.2, 0.25) is 0 Å². The first kappa shape index (κ1) is 15.8. The quantitative estimate of drug-likeness (QED) is 0.784. The van der Waals surface area contributed by atoms with Gasteiger partial charge in [0.05, 0.1) is 4.90 Å². The van der Waals surface area contributed by atoms with Crippen LogP contribution in [-0.2, 0) is 10.0 Å². The maximum atomic E-state index is 12.3. The first-order chi connectivity index (χ1) is 9.44. The summed E-state index contributed by atoms with van der Waals surface area (Å²) in [6, 6.07) is 4.94. The standard InChI is InChI=1S/C13H20BrN3O2S/c1-2-17-7-3-4-10(17)9-16-20(18,19)11-5-6-13(15)12(14)8-11/h5-6,8,10,16H,2-4,7,9,15H2,1H3. The van der Waals surface area contributed by atoms with E-state index in [1.165, 1.54) is 12.1 Å². The second-order valence-electron chi connectivity index (χ2n) is 4.96. The Morgan fingerprint density at radius 1 is 1.50 bits per heavy atom. The first-order valence-electron chi connectivity index (χ1n) is 6.73. The molecule has 1 heterocycles. The van der Waals surface area contributed by atoms with Crippen molar-refractivity contribution >= 4 is 31.6 Å². The van der Waals surface area contributed by atoms with E-state index in [4.69, 9.17) is 5.73 Å². The Kier molecular flexibility index (Phi) is 5.06. The van der Waals surface area contributed by atoms with Crippen LogP contribution in [0.4, 0.5) is 5.69 Å². The van der Waals surface area contributed by atoms with E-state index < -0.39 is 10.0 Å². The minimum absolute atomic E-state index is 0.236. The molecule has 1 unspecified atom stereocenters. The van der Waals surface area contributed by atoms with Crippen molar-refractivity contribution in [2.75, 3.05) is 25.4 Å². The van der Waals surface area contributed by atoms with Crippen LogP contribution >= 0.6 is 15.9 Å². The predicted octanol–water partition coefficient (Wildman–Crippen LogP) is 1.79. The lowest BCUT2D eigenvalue weighted by atomic mass is 10.2. The van der Waals surface area contributed by atoms with E-state index in [1.807, 2.05) is 0 Å². The Bertz CT molecular complexity index is 577. The largest absolute Gasteiger partial charge is 0.398 e.